The van der Waals surface area contributed by atoms with Gasteiger partial charge in [0.1, 0.15) is 4.83 Å². The first-order valence-corrected chi connectivity index (χ1v) is 11.3. The fourth-order valence-corrected chi connectivity index (χ4v) is 5.84. The summed E-state index contributed by atoms with van der Waals surface area (Å²) in [4.78, 5) is 32.2. The van der Waals surface area contributed by atoms with E-state index < -0.39 is 0 Å². The van der Waals surface area contributed by atoms with Gasteiger partial charge in [-0.05, 0) is 51.5 Å². The van der Waals surface area contributed by atoms with Gasteiger partial charge in [0.05, 0.1) is 29.9 Å². The number of nitrogens with zero attached hydrogens (tertiary/aromatic N) is 2. The van der Waals surface area contributed by atoms with Crippen LogP contribution in [0.3, 0.4) is 0 Å². The van der Waals surface area contributed by atoms with E-state index in [0.717, 1.165) is 48.9 Å². The minimum atomic E-state index is -0.290. The zero-order chi connectivity index (χ0) is 19.0. The number of hydrogen-bond donors (Lipinski definition) is 0. The first-order valence-electron chi connectivity index (χ1n) is 9.52. The fraction of sp³-hybridized carbons (Fsp3) is 0.632. The highest BCUT2D eigenvalue weighted by atomic mass is 32.2. The summed E-state index contributed by atoms with van der Waals surface area (Å²) in [5.74, 6) is -0.145. The number of rotatable bonds is 6. The van der Waals surface area contributed by atoms with Crippen LogP contribution in [-0.2, 0) is 33.7 Å². The molecule has 4 rings (SSSR count). The third-order valence-corrected chi connectivity index (χ3v) is 7.02. The second-order valence-electron chi connectivity index (χ2n) is 7.31. The molecular weight excluding hydrogens is 384 g/mol. The van der Waals surface area contributed by atoms with Gasteiger partial charge in [-0.25, -0.2) is 4.98 Å². The predicted octanol–water partition coefficient (Wildman–Crippen LogP) is 3.17. The van der Waals surface area contributed by atoms with Crippen LogP contribution in [-0.4, -0.2) is 40.1 Å². The molecular formula is C19H24N2O4S2. The molecule has 27 heavy (non-hydrogen) atoms. The number of ether oxygens (including phenoxy) is 2. The maximum absolute atomic E-state index is 13.3. The van der Waals surface area contributed by atoms with Crippen molar-refractivity contribution in [2.75, 3.05) is 12.4 Å². The standard InChI is InChI=1S/C19H24N2O4S2/c1-11(2)25-15(22)10-26-19-20-17-16(13-6-3-7-14(13)27-17)18(23)21(19)9-12-5-4-8-24-12/h11-12H,3-10H2,1-2H3/t12-/m0/s1. The summed E-state index contributed by atoms with van der Waals surface area (Å²) in [7, 11) is 0. The van der Waals surface area contributed by atoms with E-state index in [1.165, 1.54) is 22.2 Å². The van der Waals surface area contributed by atoms with Crippen LogP contribution in [0.4, 0.5) is 0 Å². The molecule has 1 atom stereocenters. The first-order chi connectivity index (χ1) is 13.0. The number of hydrogen-bond acceptors (Lipinski definition) is 7. The van der Waals surface area contributed by atoms with Crippen LogP contribution in [0.5, 0.6) is 0 Å². The van der Waals surface area contributed by atoms with Crippen LogP contribution in [0.15, 0.2) is 9.95 Å². The molecule has 0 amide bonds. The van der Waals surface area contributed by atoms with Crippen molar-refractivity contribution in [3.8, 4) is 0 Å². The molecule has 1 aliphatic heterocycles. The van der Waals surface area contributed by atoms with E-state index in [0.29, 0.717) is 11.7 Å². The molecule has 0 radical (unpaired) electrons. The molecule has 0 unspecified atom stereocenters. The number of thioether (sulfide) groups is 1. The molecule has 0 saturated carbocycles. The molecule has 2 aromatic rings. The zero-order valence-electron chi connectivity index (χ0n) is 15.7. The summed E-state index contributed by atoms with van der Waals surface area (Å²) in [5.41, 5.74) is 1.19. The van der Waals surface area contributed by atoms with Crippen LogP contribution in [0.1, 0.15) is 43.6 Å². The molecule has 0 N–H and O–H groups in total. The van der Waals surface area contributed by atoms with E-state index in [9.17, 15) is 9.59 Å². The fourth-order valence-electron chi connectivity index (χ4n) is 3.74. The number of aromatic nitrogens is 2. The smallest absolute Gasteiger partial charge is 0.316 e. The molecule has 1 saturated heterocycles. The van der Waals surface area contributed by atoms with E-state index in [1.807, 2.05) is 13.8 Å². The Morgan fingerprint density at radius 3 is 3.00 bits per heavy atom. The van der Waals surface area contributed by atoms with E-state index in [4.69, 9.17) is 14.5 Å². The Morgan fingerprint density at radius 2 is 2.26 bits per heavy atom. The minimum absolute atomic E-state index is 0.00891. The highest BCUT2D eigenvalue weighted by Gasteiger charge is 2.26. The van der Waals surface area contributed by atoms with Crippen LogP contribution in [0.2, 0.25) is 0 Å². The van der Waals surface area contributed by atoms with E-state index in [2.05, 4.69) is 0 Å². The summed E-state index contributed by atoms with van der Waals surface area (Å²) >= 11 is 2.90. The number of fused-ring (bicyclic) bond motifs is 3. The number of carbonyl (C=O) groups is 1. The average molecular weight is 409 g/mol. The van der Waals surface area contributed by atoms with Crippen LogP contribution < -0.4 is 5.56 Å². The predicted molar refractivity (Wildman–Crippen MR) is 107 cm³/mol. The van der Waals surface area contributed by atoms with Gasteiger partial charge in [-0.2, -0.15) is 0 Å². The molecule has 3 heterocycles. The second-order valence-corrected chi connectivity index (χ2v) is 9.34. The van der Waals surface area contributed by atoms with Gasteiger partial charge < -0.3 is 9.47 Å². The van der Waals surface area contributed by atoms with Gasteiger partial charge in [0.25, 0.3) is 5.56 Å². The van der Waals surface area contributed by atoms with Crippen molar-refractivity contribution in [1.82, 2.24) is 9.55 Å². The molecule has 0 bridgehead atoms. The van der Waals surface area contributed by atoms with Crippen LogP contribution in [0, 0.1) is 0 Å². The van der Waals surface area contributed by atoms with Crippen molar-refractivity contribution in [2.45, 2.75) is 69.9 Å². The Morgan fingerprint density at radius 1 is 1.41 bits per heavy atom. The van der Waals surface area contributed by atoms with Crippen molar-refractivity contribution in [1.29, 1.82) is 0 Å². The van der Waals surface area contributed by atoms with Gasteiger partial charge in [0, 0.05) is 11.5 Å². The number of aryl methyl sites for hydroxylation is 2. The van der Waals surface area contributed by atoms with E-state index in [-0.39, 0.29) is 29.5 Å². The lowest BCUT2D eigenvalue weighted by Gasteiger charge is -2.16. The van der Waals surface area contributed by atoms with E-state index >= 15 is 0 Å². The highest BCUT2D eigenvalue weighted by molar-refractivity contribution is 7.99. The molecule has 1 aliphatic carbocycles. The van der Waals surface area contributed by atoms with Crippen molar-refractivity contribution < 1.29 is 14.3 Å². The molecule has 2 aliphatic rings. The van der Waals surface area contributed by atoms with Crippen LogP contribution >= 0.6 is 23.1 Å². The molecule has 0 aromatic carbocycles. The SMILES string of the molecule is CC(C)OC(=O)CSc1nc2sc3c(c2c(=O)n1C[C@@H]1CCCO1)CCC3. The Bertz CT molecular complexity index is 913. The highest BCUT2D eigenvalue weighted by Crippen LogP contribution is 2.35. The summed E-state index contributed by atoms with van der Waals surface area (Å²) in [6.07, 6.45) is 4.96. The number of thiophene rings is 1. The molecule has 2 aromatic heterocycles. The molecule has 1 fully saturated rings. The normalized spacial score (nSPS) is 19.1. The first kappa shape index (κ1) is 19.0. The summed E-state index contributed by atoms with van der Waals surface area (Å²) in [6, 6.07) is 0. The lowest BCUT2D eigenvalue weighted by Crippen LogP contribution is -2.29. The van der Waals surface area contributed by atoms with E-state index in [1.54, 1.807) is 15.9 Å². The maximum atomic E-state index is 13.3. The Kier molecular flexibility index (Phi) is 5.57. The maximum Gasteiger partial charge on any atom is 0.316 e. The van der Waals surface area contributed by atoms with Crippen molar-refractivity contribution in [3.05, 3.63) is 20.8 Å². The number of esters is 1. The minimum Gasteiger partial charge on any atom is -0.462 e. The summed E-state index contributed by atoms with van der Waals surface area (Å²) < 4.78 is 12.7. The zero-order valence-corrected chi connectivity index (χ0v) is 17.3. The van der Waals surface area contributed by atoms with Crippen LogP contribution in [0.25, 0.3) is 10.2 Å². The molecule has 8 heteroatoms. The quantitative estimate of drug-likeness (QED) is 0.415. The second kappa shape index (κ2) is 7.93. The van der Waals surface area contributed by atoms with Gasteiger partial charge in [-0.1, -0.05) is 11.8 Å². The third-order valence-electron chi connectivity index (χ3n) is 4.89. The average Bonchev–Trinajstić information content (AvgIpc) is 3.32. The van der Waals surface area contributed by atoms with Crippen molar-refractivity contribution in [2.24, 2.45) is 0 Å². The van der Waals surface area contributed by atoms with Gasteiger partial charge in [0.2, 0.25) is 0 Å². The number of carbonyl (C=O) groups excluding carboxylic acids is 1. The topological polar surface area (TPSA) is 70.4 Å². The molecule has 0 spiro atoms. The lowest BCUT2D eigenvalue weighted by atomic mass is 10.2. The van der Waals surface area contributed by atoms with Crippen molar-refractivity contribution in [3.63, 3.8) is 0 Å². The molecule has 6 nitrogen and oxygen atoms in total. The van der Waals surface area contributed by atoms with Gasteiger partial charge >= 0.3 is 5.97 Å². The largest absolute Gasteiger partial charge is 0.462 e. The monoisotopic (exact) mass is 408 g/mol. The summed E-state index contributed by atoms with van der Waals surface area (Å²) in [6.45, 7) is 4.89. The van der Waals surface area contributed by atoms with Crippen molar-refractivity contribution >= 4 is 39.3 Å². The Labute approximate surface area is 166 Å². The Balaban J connectivity index is 1.69. The summed E-state index contributed by atoms with van der Waals surface area (Å²) in [5, 5.41) is 1.36. The lowest BCUT2D eigenvalue weighted by molar-refractivity contribution is -0.144. The third kappa shape index (κ3) is 3.93. The Hall–Kier alpha value is -1.38. The van der Waals surface area contributed by atoms with Gasteiger partial charge in [-0.15, -0.1) is 11.3 Å². The van der Waals surface area contributed by atoms with Gasteiger partial charge in [-0.3, -0.25) is 14.2 Å². The van der Waals surface area contributed by atoms with Gasteiger partial charge in [0.15, 0.2) is 5.16 Å². The molecule has 146 valence electrons.